The molecule has 0 radical (unpaired) electrons. The highest BCUT2D eigenvalue weighted by atomic mass is 19.1. The number of morpholine rings is 1. The maximum atomic E-state index is 13.0. The summed E-state index contributed by atoms with van der Waals surface area (Å²) >= 11 is 0. The Morgan fingerprint density at radius 3 is 2.68 bits per heavy atom. The minimum atomic E-state index is -0.304. The average Bonchev–Trinajstić information content (AvgIpc) is 2.80. The molecule has 31 heavy (non-hydrogen) atoms. The zero-order valence-corrected chi connectivity index (χ0v) is 17.4. The van der Waals surface area contributed by atoms with Crippen LogP contribution in [0.3, 0.4) is 0 Å². The van der Waals surface area contributed by atoms with Gasteiger partial charge in [-0.05, 0) is 54.8 Å². The van der Waals surface area contributed by atoms with Crippen LogP contribution in [0.4, 0.5) is 4.39 Å². The van der Waals surface area contributed by atoms with Gasteiger partial charge in [-0.15, -0.1) is 0 Å². The van der Waals surface area contributed by atoms with E-state index in [0.29, 0.717) is 24.5 Å². The van der Waals surface area contributed by atoms with Gasteiger partial charge in [0.25, 0.3) is 0 Å². The third-order valence-corrected chi connectivity index (χ3v) is 5.87. The molecular formula is C24H26FN3O3. The lowest BCUT2D eigenvalue weighted by molar-refractivity contribution is -0.155. The van der Waals surface area contributed by atoms with Crippen LogP contribution >= 0.6 is 0 Å². The van der Waals surface area contributed by atoms with E-state index in [-0.39, 0.29) is 30.5 Å². The molecule has 2 aliphatic rings. The summed E-state index contributed by atoms with van der Waals surface area (Å²) in [7, 11) is 0. The van der Waals surface area contributed by atoms with Crippen LogP contribution in [0.25, 0.3) is 0 Å². The molecule has 4 rings (SSSR count). The molecule has 0 saturated carbocycles. The maximum absolute atomic E-state index is 13.0. The highest BCUT2D eigenvalue weighted by Crippen LogP contribution is 2.22. The molecule has 0 spiro atoms. The number of hydrogen-bond acceptors (Lipinski definition) is 5. The van der Waals surface area contributed by atoms with Gasteiger partial charge in [-0.3, -0.25) is 9.69 Å². The second-order valence-corrected chi connectivity index (χ2v) is 8.06. The molecule has 2 heterocycles. The number of nitrogens with zero attached hydrogens (tertiary/aromatic N) is 3. The second-order valence-electron chi connectivity index (χ2n) is 8.06. The summed E-state index contributed by atoms with van der Waals surface area (Å²) in [6.07, 6.45) is 1.62. The number of benzene rings is 2. The third-order valence-electron chi connectivity index (χ3n) is 5.87. The first-order valence-corrected chi connectivity index (χ1v) is 10.6. The van der Waals surface area contributed by atoms with E-state index in [4.69, 9.17) is 14.7 Å². The zero-order chi connectivity index (χ0) is 21.6. The van der Waals surface area contributed by atoms with E-state index in [1.807, 2.05) is 29.2 Å². The second kappa shape index (κ2) is 9.90. The first-order chi connectivity index (χ1) is 15.1. The highest BCUT2D eigenvalue weighted by molar-refractivity contribution is 5.78. The van der Waals surface area contributed by atoms with Crippen molar-refractivity contribution >= 4 is 5.91 Å². The van der Waals surface area contributed by atoms with Gasteiger partial charge in [0.15, 0.2) is 0 Å². The van der Waals surface area contributed by atoms with Crippen molar-refractivity contribution in [2.24, 2.45) is 0 Å². The van der Waals surface area contributed by atoms with E-state index in [9.17, 15) is 9.18 Å². The van der Waals surface area contributed by atoms with Gasteiger partial charge in [0, 0.05) is 25.7 Å². The molecule has 2 aromatic carbocycles. The van der Waals surface area contributed by atoms with E-state index >= 15 is 0 Å². The molecule has 1 atom stereocenters. The van der Waals surface area contributed by atoms with Crippen LogP contribution in [0.2, 0.25) is 0 Å². The summed E-state index contributed by atoms with van der Waals surface area (Å²) in [5, 5.41) is 9.07. The lowest BCUT2D eigenvalue weighted by Gasteiger charge is -2.42. The van der Waals surface area contributed by atoms with E-state index in [0.717, 1.165) is 38.0 Å². The number of carbonyl (C=O) groups is 1. The van der Waals surface area contributed by atoms with Gasteiger partial charge in [0.1, 0.15) is 30.9 Å². The molecule has 162 valence electrons. The third kappa shape index (κ3) is 5.60. The molecule has 0 N–H and O–H groups in total. The van der Waals surface area contributed by atoms with Gasteiger partial charge in [-0.25, -0.2) is 4.39 Å². The fourth-order valence-corrected chi connectivity index (χ4v) is 4.21. The minimum Gasteiger partial charge on any atom is -0.491 e. The number of halogens is 1. The SMILES string of the molecule is N#Cc1cccc(CN2CCC(N3C[C@H](COc4ccc(F)cc4)OCC3=O)CC2)c1. The molecule has 0 aromatic heterocycles. The summed E-state index contributed by atoms with van der Waals surface area (Å²) in [6, 6.07) is 16.0. The Labute approximate surface area is 181 Å². The Hall–Kier alpha value is -2.95. The van der Waals surface area contributed by atoms with Crippen molar-refractivity contribution in [2.45, 2.75) is 31.5 Å². The topological polar surface area (TPSA) is 65.8 Å². The molecule has 2 aliphatic heterocycles. The summed E-state index contributed by atoms with van der Waals surface area (Å²) in [4.78, 5) is 16.8. The Kier molecular flexibility index (Phi) is 6.80. The number of ether oxygens (including phenoxy) is 2. The summed E-state index contributed by atoms with van der Waals surface area (Å²) < 4.78 is 24.4. The van der Waals surface area contributed by atoms with Crippen LogP contribution in [0.15, 0.2) is 48.5 Å². The Morgan fingerprint density at radius 2 is 1.94 bits per heavy atom. The molecule has 2 saturated heterocycles. The molecule has 2 fully saturated rings. The number of amides is 1. The van der Waals surface area contributed by atoms with E-state index < -0.39 is 0 Å². The number of hydrogen-bond donors (Lipinski definition) is 0. The number of piperidine rings is 1. The molecule has 0 unspecified atom stereocenters. The first-order valence-electron chi connectivity index (χ1n) is 10.6. The van der Waals surface area contributed by atoms with Gasteiger partial charge < -0.3 is 14.4 Å². The smallest absolute Gasteiger partial charge is 0.248 e. The first kappa shape index (κ1) is 21.3. The molecular weight excluding hydrogens is 397 g/mol. The molecule has 7 heteroatoms. The Morgan fingerprint density at radius 1 is 1.16 bits per heavy atom. The standard InChI is InChI=1S/C24H26FN3O3/c25-20-4-6-22(7-5-20)30-16-23-15-28(24(29)17-31-23)21-8-10-27(11-9-21)14-19-3-1-2-18(12-19)13-26/h1-7,12,21,23H,8-11,14-17H2/t23-/m1/s1. The van der Waals surface area contributed by atoms with Gasteiger partial charge in [0.2, 0.25) is 5.91 Å². The van der Waals surface area contributed by atoms with Crippen LogP contribution in [0.5, 0.6) is 5.75 Å². The van der Waals surface area contributed by atoms with Crippen LogP contribution in [-0.2, 0) is 16.1 Å². The van der Waals surface area contributed by atoms with E-state index in [1.54, 1.807) is 12.1 Å². The number of nitriles is 1. The van der Waals surface area contributed by atoms with E-state index in [2.05, 4.69) is 11.0 Å². The monoisotopic (exact) mass is 423 g/mol. The van der Waals surface area contributed by atoms with Gasteiger partial charge in [-0.1, -0.05) is 12.1 Å². The normalized spacial score (nSPS) is 20.5. The predicted molar refractivity (Wildman–Crippen MR) is 113 cm³/mol. The fourth-order valence-electron chi connectivity index (χ4n) is 4.21. The fraction of sp³-hybridized carbons (Fsp3) is 0.417. The molecule has 1 amide bonds. The van der Waals surface area contributed by atoms with Crippen molar-refractivity contribution in [1.82, 2.24) is 9.80 Å². The molecule has 0 aliphatic carbocycles. The van der Waals surface area contributed by atoms with Gasteiger partial charge in [-0.2, -0.15) is 5.26 Å². The number of likely N-dealkylation sites (tertiary alicyclic amines) is 1. The minimum absolute atomic E-state index is 0.0261. The van der Waals surface area contributed by atoms with Crippen molar-refractivity contribution in [2.75, 3.05) is 32.8 Å². The lowest BCUT2D eigenvalue weighted by atomic mass is 10.0. The maximum Gasteiger partial charge on any atom is 0.248 e. The average molecular weight is 423 g/mol. The summed E-state index contributed by atoms with van der Waals surface area (Å²) in [5.74, 6) is 0.308. The van der Waals surface area contributed by atoms with Crippen molar-refractivity contribution in [3.8, 4) is 11.8 Å². The van der Waals surface area contributed by atoms with Crippen LogP contribution in [0.1, 0.15) is 24.0 Å². The number of carbonyl (C=O) groups excluding carboxylic acids is 1. The highest BCUT2D eigenvalue weighted by Gasteiger charge is 2.33. The molecule has 2 aromatic rings. The summed E-state index contributed by atoms with van der Waals surface area (Å²) in [5.41, 5.74) is 1.82. The van der Waals surface area contributed by atoms with Crippen LogP contribution < -0.4 is 4.74 Å². The van der Waals surface area contributed by atoms with Crippen molar-refractivity contribution in [1.29, 1.82) is 5.26 Å². The predicted octanol–water partition coefficient (Wildman–Crippen LogP) is 2.97. The van der Waals surface area contributed by atoms with Crippen molar-refractivity contribution in [3.05, 3.63) is 65.5 Å². The molecule has 0 bridgehead atoms. The van der Waals surface area contributed by atoms with Gasteiger partial charge in [0.05, 0.1) is 18.2 Å². The number of rotatable bonds is 6. The quantitative estimate of drug-likeness (QED) is 0.715. The van der Waals surface area contributed by atoms with Crippen LogP contribution in [-0.4, -0.2) is 60.7 Å². The Bertz CT molecular complexity index is 936. The largest absolute Gasteiger partial charge is 0.491 e. The van der Waals surface area contributed by atoms with Crippen molar-refractivity contribution < 1.29 is 18.7 Å². The zero-order valence-electron chi connectivity index (χ0n) is 17.4. The Balaban J connectivity index is 1.27. The molecule has 6 nitrogen and oxygen atoms in total. The van der Waals surface area contributed by atoms with Gasteiger partial charge >= 0.3 is 0 Å². The van der Waals surface area contributed by atoms with Crippen LogP contribution in [0, 0.1) is 17.1 Å². The lowest BCUT2D eigenvalue weighted by Crippen LogP contribution is -2.55. The van der Waals surface area contributed by atoms with Crippen molar-refractivity contribution in [3.63, 3.8) is 0 Å². The van der Waals surface area contributed by atoms with E-state index in [1.165, 1.54) is 12.1 Å². The summed E-state index contributed by atoms with van der Waals surface area (Å²) in [6.45, 7) is 3.52.